The van der Waals surface area contributed by atoms with E-state index in [4.69, 9.17) is 4.74 Å². The minimum atomic E-state index is -0.975. The molecule has 0 unspecified atom stereocenters. The van der Waals surface area contributed by atoms with Crippen molar-refractivity contribution in [2.45, 2.75) is 19.4 Å². The molecule has 1 heterocycles. The predicted octanol–water partition coefficient (Wildman–Crippen LogP) is 2.64. The fourth-order valence-electron chi connectivity index (χ4n) is 2.91. The van der Waals surface area contributed by atoms with Crippen molar-refractivity contribution >= 4 is 11.8 Å². The van der Waals surface area contributed by atoms with Crippen LogP contribution in [0.3, 0.4) is 0 Å². The average molecular weight is 360 g/mol. The number of carbonyl (C=O) groups excluding carboxylic acids is 2. The average Bonchev–Trinajstić information content (AvgIpc) is 2.60. The smallest absolute Gasteiger partial charge is 0.254 e. The van der Waals surface area contributed by atoms with E-state index < -0.39 is 23.4 Å². The van der Waals surface area contributed by atoms with Crippen LogP contribution < -0.4 is 15.4 Å². The SMILES string of the molecule is Cc1cccc2c1OCC[C@@H]2NC(=O)CNC(=O)c1ccc(F)cc1F. The van der Waals surface area contributed by atoms with Crippen molar-refractivity contribution < 1.29 is 23.1 Å². The van der Waals surface area contributed by atoms with Gasteiger partial charge < -0.3 is 15.4 Å². The largest absolute Gasteiger partial charge is 0.493 e. The van der Waals surface area contributed by atoms with E-state index in [0.29, 0.717) is 19.1 Å². The number of fused-ring (bicyclic) bond motifs is 1. The third kappa shape index (κ3) is 3.82. The quantitative estimate of drug-likeness (QED) is 0.881. The molecule has 0 aliphatic carbocycles. The number of ether oxygens (including phenoxy) is 1. The maximum absolute atomic E-state index is 13.6. The van der Waals surface area contributed by atoms with E-state index >= 15 is 0 Å². The summed E-state index contributed by atoms with van der Waals surface area (Å²) in [5.41, 5.74) is 1.56. The lowest BCUT2D eigenvalue weighted by Gasteiger charge is -2.27. The van der Waals surface area contributed by atoms with Crippen LogP contribution in [-0.2, 0) is 4.79 Å². The second kappa shape index (κ2) is 7.51. The molecule has 26 heavy (non-hydrogen) atoms. The maximum atomic E-state index is 13.6. The minimum Gasteiger partial charge on any atom is -0.493 e. The number of rotatable bonds is 4. The van der Waals surface area contributed by atoms with Gasteiger partial charge in [0.1, 0.15) is 17.4 Å². The summed E-state index contributed by atoms with van der Waals surface area (Å²) in [6.45, 7) is 2.10. The predicted molar refractivity (Wildman–Crippen MR) is 90.9 cm³/mol. The summed E-state index contributed by atoms with van der Waals surface area (Å²) in [6, 6.07) is 8.14. The van der Waals surface area contributed by atoms with Crippen LogP contribution in [0.2, 0.25) is 0 Å². The Kier molecular flexibility index (Phi) is 5.16. The molecule has 136 valence electrons. The van der Waals surface area contributed by atoms with Gasteiger partial charge in [0.15, 0.2) is 0 Å². The molecule has 1 aliphatic heterocycles. The Bertz CT molecular complexity index is 855. The van der Waals surface area contributed by atoms with Crippen LogP contribution in [0.5, 0.6) is 5.75 Å². The Labute approximate surface area is 149 Å². The topological polar surface area (TPSA) is 67.4 Å². The third-order valence-corrected chi connectivity index (χ3v) is 4.19. The van der Waals surface area contributed by atoms with Crippen molar-refractivity contribution in [2.24, 2.45) is 0 Å². The molecule has 5 nitrogen and oxygen atoms in total. The first-order chi connectivity index (χ1) is 12.5. The standard InChI is InChI=1S/C19H18F2N2O3/c1-11-3-2-4-14-16(7-8-26-18(11)14)23-17(24)10-22-19(25)13-6-5-12(20)9-15(13)21/h2-6,9,16H,7-8,10H2,1H3,(H,22,25)(H,23,24)/t16-/m0/s1. The van der Waals surface area contributed by atoms with Crippen molar-refractivity contribution in [3.05, 3.63) is 64.7 Å². The molecule has 0 saturated heterocycles. The molecule has 3 rings (SSSR count). The van der Waals surface area contributed by atoms with E-state index in [1.54, 1.807) is 0 Å². The summed E-state index contributed by atoms with van der Waals surface area (Å²) in [5, 5.41) is 5.18. The van der Waals surface area contributed by atoms with Crippen molar-refractivity contribution in [1.29, 1.82) is 0 Å². The summed E-state index contributed by atoms with van der Waals surface area (Å²) in [7, 11) is 0. The number of benzene rings is 2. The molecule has 2 aromatic rings. The zero-order valence-corrected chi connectivity index (χ0v) is 14.1. The first-order valence-electron chi connectivity index (χ1n) is 8.20. The van der Waals surface area contributed by atoms with Gasteiger partial charge in [-0.3, -0.25) is 9.59 Å². The van der Waals surface area contributed by atoms with Crippen molar-refractivity contribution in [3.63, 3.8) is 0 Å². The molecule has 1 atom stereocenters. The molecule has 0 saturated carbocycles. The highest BCUT2D eigenvalue weighted by molar-refractivity contribution is 5.96. The molecule has 0 spiro atoms. The van der Waals surface area contributed by atoms with Crippen molar-refractivity contribution in [1.82, 2.24) is 10.6 Å². The lowest BCUT2D eigenvalue weighted by molar-refractivity contribution is -0.121. The molecule has 0 bridgehead atoms. The van der Waals surface area contributed by atoms with Crippen LogP contribution in [0, 0.1) is 18.6 Å². The second-order valence-corrected chi connectivity index (χ2v) is 6.06. The molecule has 2 amide bonds. The minimum absolute atomic E-state index is 0.217. The number of amides is 2. The van der Waals surface area contributed by atoms with Crippen molar-refractivity contribution in [3.8, 4) is 5.75 Å². The lowest BCUT2D eigenvalue weighted by atomic mass is 9.98. The zero-order chi connectivity index (χ0) is 18.7. The Balaban J connectivity index is 1.60. The van der Waals surface area contributed by atoms with Crippen molar-refractivity contribution in [2.75, 3.05) is 13.2 Å². The van der Waals surface area contributed by atoms with Gasteiger partial charge in [-0.2, -0.15) is 0 Å². The molecular weight excluding hydrogens is 342 g/mol. The highest BCUT2D eigenvalue weighted by Crippen LogP contribution is 2.34. The van der Waals surface area contributed by atoms with Crippen LogP contribution in [0.4, 0.5) is 8.78 Å². The van der Waals surface area contributed by atoms with Gasteiger partial charge in [0.2, 0.25) is 5.91 Å². The number of carbonyl (C=O) groups is 2. The van der Waals surface area contributed by atoms with E-state index in [1.807, 2.05) is 25.1 Å². The normalized spacial score (nSPS) is 15.6. The summed E-state index contributed by atoms with van der Waals surface area (Å²) >= 11 is 0. The van der Waals surface area contributed by atoms with Gasteiger partial charge in [-0.25, -0.2) is 8.78 Å². The summed E-state index contributed by atoms with van der Waals surface area (Å²) in [4.78, 5) is 24.1. The fourth-order valence-corrected chi connectivity index (χ4v) is 2.91. The Morgan fingerprint density at radius 3 is 2.81 bits per heavy atom. The molecule has 0 fully saturated rings. The van der Waals surface area contributed by atoms with Crippen LogP contribution in [0.15, 0.2) is 36.4 Å². The zero-order valence-electron chi connectivity index (χ0n) is 14.1. The summed E-state index contributed by atoms with van der Waals surface area (Å²) in [5.74, 6) is -2.16. The maximum Gasteiger partial charge on any atom is 0.254 e. The molecule has 0 radical (unpaired) electrons. The Morgan fingerprint density at radius 2 is 2.04 bits per heavy atom. The lowest BCUT2D eigenvalue weighted by Crippen LogP contribution is -2.40. The highest BCUT2D eigenvalue weighted by Gasteiger charge is 2.24. The van der Waals surface area contributed by atoms with Crippen LogP contribution >= 0.6 is 0 Å². The number of hydrogen-bond acceptors (Lipinski definition) is 3. The molecular formula is C19H18F2N2O3. The van der Waals surface area contributed by atoms with E-state index in [9.17, 15) is 18.4 Å². The summed E-state index contributed by atoms with van der Waals surface area (Å²) in [6.07, 6.45) is 0.614. The monoisotopic (exact) mass is 360 g/mol. The fraction of sp³-hybridized carbons (Fsp3) is 0.263. The second-order valence-electron chi connectivity index (χ2n) is 6.06. The first-order valence-corrected chi connectivity index (χ1v) is 8.20. The van der Waals surface area contributed by atoms with Gasteiger partial charge in [0.05, 0.1) is 24.8 Å². The number of aryl methyl sites for hydroxylation is 1. The van der Waals surface area contributed by atoms with Crippen LogP contribution in [-0.4, -0.2) is 25.0 Å². The Hall–Kier alpha value is -2.96. The van der Waals surface area contributed by atoms with Gasteiger partial charge in [0.25, 0.3) is 5.91 Å². The summed E-state index contributed by atoms with van der Waals surface area (Å²) < 4.78 is 32.1. The molecule has 7 heteroatoms. The molecule has 2 N–H and O–H groups in total. The van der Waals surface area contributed by atoms with E-state index in [2.05, 4.69) is 10.6 Å². The van der Waals surface area contributed by atoms with E-state index in [1.165, 1.54) is 0 Å². The van der Waals surface area contributed by atoms with E-state index in [0.717, 1.165) is 29.0 Å². The van der Waals surface area contributed by atoms with Crippen LogP contribution in [0.25, 0.3) is 0 Å². The van der Waals surface area contributed by atoms with Gasteiger partial charge in [-0.15, -0.1) is 0 Å². The number of hydrogen-bond donors (Lipinski definition) is 2. The van der Waals surface area contributed by atoms with Gasteiger partial charge >= 0.3 is 0 Å². The molecule has 1 aliphatic rings. The number of para-hydroxylation sites is 1. The number of nitrogens with one attached hydrogen (secondary N) is 2. The molecule has 0 aromatic heterocycles. The number of halogens is 2. The highest BCUT2D eigenvalue weighted by atomic mass is 19.1. The Morgan fingerprint density at radius 1 is 1.23 bits per heavy atom. The van der Waals surface area contributed by atoms with Gasteiger partial charge in [-0.1, -0.05) is 18.2 Å². The third-order valence-electron chi connectivity index (χ3n) is 4.19. The van der Waals surface area contributed by atoms with Gasteiger partial charge in [-0.05, 0) is 24.6 Å². The molecule has 2 aromatic carbocycles. The van der Waals surface area contributed by atoms with E-state index in [-0.39, 0.29) is 18.2 Å². The van der Waals surface area contributed by atoms with Gasteiger partial charge in [0, 0.05) is 18.1 Å². The first kappa shape index (κ1) is 17.8. The van der Waals surface area contributed by atoms with Crippen LogP contribution in [0.1, 0.15) is 33.9 Å².